The van der Waals surface area contributed by atoms with Gasteiger partial charge in [0.2, 0.25) is 5.91 Å². The van der Waals surface area contributed by atoms with E-state index in [1.807, 2.05) is 16.7 Å². The molecule has 2 aliphatic rings. The van der Waals surface area contributed by atoms with Gasteiger partial charge in [-0.2, -0.15) is 17.0 Å². The lowest BCUT2D eigenvalue weighted by Crippen LogP contribution is -2.53. The number of hydrogen-bond acceptors (Lipinski definition) is 3. The maximum absolute atomic E-state index is 12.3. The summed E-state index contributed by atoms with van der Waals surface area (Å²) in [4.78, 5) is 14.2. The molecular formula is C12H18N2OS. The van der Waals surface area contributed by atoms with Crippen LogP contribution in [-0.4, -0.2) is 34.9 Å². The van der Waals surface area contributed by atoms with Gasteiger partial charge in [-0.15, -0.1) is 0 Å². The Morgan fingerprint density at radius 2 is 2.19 bits per heavy atom. The molecule has 0 aromatic carbocycles. The van der Waals surface area contributed by atoms with Gasteiger partial charge in [-0.05, 0) is 18.8 Å². The number of thioether (sulfide) groups is 1. The first-order valence-electron chi connectivity index (χ1n) is 5.89. The molecule has 2 rings (SSSR count). The second-order valence-corrected chi connectivity index (χ2v) is 6.69. The van der Waals surface area contributed by atoms with Crippen molar-refractivity contribution >= 4 is 17.7 Å². The maximum Gasteiger partial charge on any atom is 0.243 e. The van der Waals surface area contributed by atoms with Crippen molar-refractivity contribution in [2.45, 2.75) is 31.9 Å². The molecule has 1 aliphatic heterocycles. The van der Waals surface area contributed by atoms with Crippen LogP contribution < -0.4 is 0 Å². The molecule has 1 amide bonds. The highest BCUT2D eigenvalue weighted by Gasteiger charge is 2.51. The fourth-order valence-electron chi connectivity index (χ4n) is 2.75. The molecule has 0 spiro atoms. The third-order valence-electron chi connectivity index (χ3n) is 3.55. The van der Waals surface area contributed by atoms with Gasteiger partial charge in [0.15, 0.2) is 0 Å². The zero-order chi connectivity index (χ0) is 11.8. The Morgan fingerprint density at radius 3 is 2.69 bits per heavy atom. The average Bonchev–Trinajstić information content (AvgIpc) is 2.23. The largest absolute Gasteiger partial charge is 0.339 e. The van der Waals surface area contributed by atoms with Gasteiger partial charge in [0, 0.05) is 24.1 Å². The highest BCUT2D eigenvalue weighted by atomic mass is 32.2. The van der Waals surface area contributed by atoms with Crippen LogP contribution >= 0.6 is 11.8 Å². The van der Waals surface area contributed by atoms with Crippen molar-refractivity contribution < 1.29 is 4.79 Å². The van der Waals surface area contributed by atoms with Crippen LogP contribution in [0.4, 0.5) is 0 Å². The van der Waals surface area contributed by atoms with Crippen LogP contribution in [-0.2, 0) is 4.79 Å². The molecule has 0 N–H and O–H groups in total. The first kappa shape index (κ1) is 11.8. The van der Waals surface area contributed by atoms with Gasteiger partial charge in [0.1, 0.15) is 5.41 Å². The maximum atomic E-state index is 12.3. The van der Waals surface area contributed by atoms with E-state index in [4.69, 9.17) is 0 Å². The van der Waals surface area contributed by atoms with E-state index in [2.05, 4.69) is 19.9 Å². The number of carbonyl (C=O) groups excluding carboxylic acids is 1. The lowest BCUT2D eigenvalue weighted by molar-refractivity contribution is -0.145. The van der Waals surface area contributed by atoms with Crippen molar-refractivity contribution in [3.05, 3.63) is 0 Å². The van der Waals surface area contributed by atoms with Crippen molar-refractivity contribution in [1.82, 2.24) is 4.90 Å². The minimum Gasteiger partial charge on any atom is -0.339 e. The Balaban J connectivity index is 2.04. The Morgan fingerprint density at radius 1 is 1.50 bits per heavy atom. The average molecular weight is 238 g/mol. The summed E-state index contributed by atoms with van der Waals surface area (Å²) in [7, 11) is 0. The van der Waals surface area contributed by atoms with Gasteiger partial charge in [-0.25, -0.2) is 0 Å². The SMILES string of the molecule is CC1CC(C#N)(C(=O)N2CCSC(C)C2)C1. The third kappa shape index (κ3) is 1.93. The molecule has 3 nitrogen and oxygen atoms in total. The molecule has 16 heavy (non-hydrogen) atoms. The highest BCUT2D eigenvalue weighted by molar-refractivity contribution is 7.99. The Kier molecular flexibility index (Phi) is 3.16. The van der Waals surface area contributed by atoms with Gasteiger partial charge < -0.3 is 4.90 Å². The summed E-state index contributed by atoms with van der Waals surface area (Å²) in [6, 6.07) is 2.26. The van der Waals surface area contributed by atoms with Crippen LogP contribution in [0.1, 0.15) is 26.7 Å². The molecule has 88 valence electrons. The predicted molar refractivity (Wildman–Crippen MR) is 64.9 cm³/mol. The van der Waals surface area contributed by atoms with E-state index in [0.717, 1.165) is 31.7 Å². The molecule has 1 unspecified atom stereocenters. The van der Waals surface area contributed by atoms with E-state index >= 15 is 0 Å². The minimum absolute atomic E-state index is 0.0836. The standard InChI is InChI=1S/C12H18N2OS/c1-9-5-12(6-9,8-13)11(15)14-3-4-16-10(2)7-14/h9-10H,3-7H2,1-2H3. The van der Waals surface area contributed by atoms with Gasteiger partial charge in [-0.3, -0.25) is 4.79 Å². The molecule has 1 saturated carbocycles. The summed E-state index contributed by atoms with van der Waals surface area (Å²) in [5.74, 6) is 1.62. The second kappa shape index (κ2) is 4.29. The Hall–Kier alpha value is -0.690. The molecule has 0 bridgehead atoms. The van der Waals surface area contributed by atoms with Gasteiger partial charge in [0.25, 0.3) is 0 Å². The van der Waals surface area contributed by atoms with Crippen LogP contribution in [0.3, 0.4) is 0 Å². The fourth-order valence-corrected chi connectivity index (χ4v) is 3.76. The fraction of sp³-hybridized carbons (Fsp3) is 0.833. The number of amides is 1. The molecule has 2 fully saturated rings. The van der Waals surface area contributed by atoms with Crippen molar-refractivity contribution in [1.29, 1.82) is 5.26 Å². The van der Waals surface area contributed by atoms with Crippen LogP contribution in [0.15, 0.2) is 0 Å². The molecule has 0 aromatic heterocycles. The van der Waals surface area contributed by atoms with E-state index in [1.165, 1.54) is 0 Å². The summed E-state index contributed by atoms with van der Waals surface area (Å²) in [6.45, 7) is 5.87. The second-order valence-electron chi connectivity index (χ2n) is 5.14. The summed E-state index contributed by atoms with van der Waals surface area (Å²) in [6.07, 6.45) is 1.50. The highest BCUT2D eigenvalue weighted by Crippen LogP contribution is 2.46. The smallest absolute Gasteiger partial charge is 0.243 e. The Labute approximate surface area is 101 Å². The van der Waals surface area contributed by atoms with Crippen molar-refractivity contribution in [2.24, 2.45) is 11.3 Å². The number of rotatable bonds is 1. The lowest BCUT2D eigenvalue weighted by atomic mass is 9.62. The molecule has 1 heterocycles. The molecule has 1 atom stereocenters. The number of hydrogen-bond donors (Lipinski definition) is 0. The monoisotopic (exact) mass is 238 g/mol. The van der Waals surface area contributed by atoms with E-state index < -0.39 is 5.41 Å². The number of nitrogens with zero attached hydrogens (tertiary/aromatic N) is 2. The van der Waals surface area contributed by atoms with E-state index in [1.54, 1.807) is 0 Å². The van der Waals surface area contributed by atoms with Gasteiger partial charge in [-0.1, -0.05) is 13.8 Å². The van der Waals surface area contributed by atoms with E-state index in [-0.39, 0.29) is 5.91 Å². The van der Waals surface area contributed by atoms with Crippen LogP contribution in [0.25, 0.3) is 0 Å². The summed E-state index contributed by atoms with van der Waals surface area (Å²) >= 11 is 1.91. The summed E-state index contributed by atoms with van der Waals surface area (Å²) < 4.78 is 0. The molecule has 0 aromatic rings. The van der Waals surface area contributed by atoms with Crippen molar-refractivity contribution in [3.8, 4) is 6.07 Å². The van der Waals surface area contributed by atoms with E-state index in [0.29, 0.717) is 11.2 Å². The molecule has 0 radical (unpaired) electrons. The summed E-state index contributed by atoms with van der Waals surface area (Å²) in [5, 5.41) is 9.72. The first-order valence-corrected chi connectivity index (χ1v) is 6.94. The molecule has 4 heteroatoms. The first-order chi connectivity index (χ1) is 7.57. The quantitative estimate of drug-likeness (QED) is 0.700. The lowest BCUT2D eigenvalue weighted by Gasteiger charge is -2.44. The van der Waals surface area contributed by atoms with Crippen LogP contribution in [0.5, 0.6) is 0 Å². The van der Waals surface area contributed by atoms with Gasteiger partial charge >= 0.3 is 0 Å². The zero-order valence-electron chi connectivity index (χ0n) is 9.90. The normalized spacial score (nSPS) is 38.7. The van der Waals surface area contributed by atoms with Crippen LogP contribution in [0, 0.1) is 22.7 Å². The Bertz CT molecular complexity index is 330. The summed E-state index contributed by atoms with van der Waals surface area (Å²) in [5.41, 5.74) is -0.679. The van der Waals surface area contributed by atoms with Crippen LogP contribution in [0.2, 0.25) is 0 Å². The minimum atomic E-state index is -0.679. The molecular weight excluding hydrogens is 220 g/mol. The van der Waals surface area contributed by atoms with Crippen molar-refractivity contribution in [3.63, 3.8) is 0 Å². The number of carbonyl (C=O) groups is 1. The van der Waals surface area contributed by atoms with Gasteiger partial charge in [0.05, 0.1) is 6.07 Å². The van der Waals surface area contributed by atoms with Crippen molar-refractivity contribution in [2.75, 3.05) is 18.8 Å². The molecule has 1 aliphatic carbocycles. The molecule has 1 saturated heterocycles. The zero-order valence-corrected chi connectivity index (χ0v) is 10.7. The predicted octanol–water partition coefficient (Wildman–Crippen LogP) is 1.89. The number of nitriles is 1. The van der Waals surface area contributed by atoms with E-state index in [9.17, 15) is 10.1 Å². The third-order valence-corrected chi connectivity index (χ3v) is 4.68. The topological polar surface area (TPSA) is 44.1 Å².